The van der Waals surface area contributed by atoms with E-state index in [1.165, 1.54) is 0 Å². The van der Waals surface area contributed by atoms with Crippen molar-refractivity contribution in [1.29, 1.82) is 5.26 Å². The summed E-state index contributed by atoms with van der Waals surface area (Å²) in [5.41, 5.74) is -1.46. The van der Waals surface area contributed by atoms with Crippen molar-refractivity contribution in [1.82, 2.24) is 5.32 Å². The molecule has 6 nitrogen and oxygen atoms in total. The Morgan fingerprint density at radius 3 is 2.55 bits per heavy atom. The molecule has 4 aliphatic rings. The molecule has 4 aliphatic carbocycles. The average Bonchev–Trinajstić information content (AvgIpc) is 2.65. The molecule has 1 aromatic carbocycles. The summed E-state index contributed by atoms with van der Waals surface area (Å²) in [7, 11) is 0. The zero-order chi connectivity index (χ0) is 20.8. The van der Waals surface area contributed by atoms with E-state index in [-0.39, 0.29) is 17.9 Å². The number of benzene rings is 1. The number of ether oxygens (including phenoxy) is 1. The van der Waals surface area contributed by atoms with Crippen LogP contribution in [0.3, 0.4) is 0 Å². The molecule has 2 unspecified atom stereocenters. The van der Waals surface area contributed by atoms with Crippen molar-refractivity contribution in [2.24, 2.45) is 28.2 Å². The van der Waals surface area contributed by atoms with Crippen molar-refractivity contribution < 1.29 is 14.6 Å². The molecule has 4 bridgehead atoms. The van der Waals surface area contributed by atoms with E-state index in [4.69, 9.17) is 21.3 Å². The van der Waals surface area contributed by atoms with Crippen LogP contribution in [0.4, 0.5) is 0 Å². The minimum atomic E-state index is -0.889. The third-order valence-corrected chi connectivity index (χ3v) is 7.21. The number of halogens is 1. The molecule has 154 valence electrons. The van der Waals surface area contributed by atoms with E-state index < -0.39 is 17.0 Å². The standard InChI is InChI=1S/C22H26ClN3O3/c1-21(2,29-17-6-4-3-5-16(17)23)19(25-12-24)26-18-14-7-13-8-15(18)11-22(9-13,10-14)20(27)28/h3-6,13-15,18H,7-11H2,1-2H3,(H,25,26)(H,27,28). The Labute approximate surface area is 175 Å². The van der Waals surface area contributed by atoms with Crippen LogP contribution >= 0.6 is 11.6 Å². The number of carboxylic acids is 1. The molecule has 0 heterocycles. The van der Waals surface area contributed by atoms with E-state index in [2.05, 4.69) is 5.32 Å². The Kier molecular flexibility index (Phi) is 4.98. The average molecular weight is 416 g/mol. The summed E-state index contributed by atoms with van der Waals surface area (Å²) in [4.78, 5) is 16.9. The number of nitriles is 1. The Bertz CT molecular complexity index is 876. The monoisotopic (exact) mass is 415 g/mol. The first-order valence-corrected chi connectivity index (χ1v) is 10.5. The summed E-state index contributed by atoms with van der Waals surface area (Å²) in [6.07, 6.45) is 6.18. The van der Waals surface area contributed by atoms with Gasteiger partial charge in [-0.05, 0) is 75.8 Å². The van der Waals surface area contributed by atoms with Crippen LogP contribution in [0.2, 0.25) is 5.02 Å². The molecule has 0 aliphatic heterocycles. The fourth-order valence-corrected chi connectivity index (χ4v) is 6.04. The molecule has 0 aromatic heterocycles. The molecule has 0 amide bonds. The molecule has 2 atom stereocenters. The molecular formula is C22H26ClN3O3. The van der Waals surface area contributed by atoms with Gasteiger partial charge >= 0.3 is 5.97 Å². The maximum absolute atomic E-state index is 12.0. The topological polar surface area (TPSA) is 94.7 Å². The van der Waals surface area contributed by atoms with Crippen molar-refractivity contribution in [2.45, 2.75) is 57.6 Å². The summed E-state index contributed by atoms with van der Waals surface area (Å²) < 4.78 is 6.13. The van der Waals surface area contributed by atoms with Gasteiger partial charge < -0.3 is 9.84 Å². The molecule has 5 rings (SSSR count). The molecule has 4 fully saturated rings. The fourth-order valence-electron chi connectivity index (χ4n) is 5.86. The molecule has 29 heavy (non-hydrogen) atoms. The summed E-state index contributed by atoms with van der Waals surface area (Å²) in [6, 6.07) is 7.23. The predicted octanol–water partition coefficient (Wildman–Crippen LogP) is 4.25. The van der Waals surface area contributed by atoms with Gasteiger partial charge in [0.15, 0.2) is 17.6 Å². The van der Waals surface area contributed by atoms with Crippen LogP contribution in [0.1, 0.15) is 46.0 Å². The lowest BCUT2D eigenvalue weighted by atomic mass is 9.48. The summed E-state index contributed by atoms with van der Waals surface area (Å²) >= 11 is 6.24. The Morgan fingerprint density at radius 1 is 1.31 bits per heavy atom. The van der Waals surface area contributed by atoms with Gasteiger partial charge in [-0.2, -0.15) is 5.26 Å². The predicted molar refractivity (Wildman–Crippen MR) is 110 cm³/mol. The van der Waals surface area contributed by atoms with E-state index in [1.807, 2.05) is 32.2 Å². The Morgan fingerprint density at radius 2 is 1.97 bits per heavy atom. The lowest BCUT2D eigenvalue weighted by molar-refractivity contribution is -0.166. The van der Waals surface area contributed by atoms with Crippen molar-refractivity contribution in [3.63, 3.8) is 0 Å². The number of aliphatic carboxylic acids is 1. The number of hydrogen-bond donors (Lipinski definition) is 2. The van der Waals surface area contributed by atoms with Gasteiger partial charge in [0.1, 0.15) is 5.75 Å². The van der Waals surface area contributed by atoms with Gasteiger partial charge in [0.25, 0.3) is 0 Å². The fraction of sp³-hybridized carbons (Fsp3) is 0.591. The second-order valence-corrected chi connectivity index (χ2v) is 9.71. The van der Waals surface area contributed by atoms with E-state index in [1.54, 1.807) is 12.1 Å². The first kappa shape index (κ1) is 20.0. The van der Waals surface area contributed by atoms with Crippen LogP contribution in [-0.4, -0.2) is 28.6 Å². The highest BCUT2D eigenvalue weighted by Gasteiger charge is 2.59. The lowest BCUT2D eigenvalue weighted by Gasteiger charge is -2.57. The third kappa shape index (κ3) is 3.57. The molecule has 0 spiro atoms. The second kappa shape index (κ2) is 7.21. The van der Waals surface area contributed by atoms with Gasteiger partial charge in [0.05, 0.1) is 16.5 Å². The van der Waals surface area contributed by atoms with Crippen molar-refractivity contribution in [2.75, 3.05) is 0 Å². The third-order valence-electron chi connectivity index (χ3n) is 6.90. The van der Waals surface area contributed by atoms with E-state index in [0.29, 0.717) is 35.4 Å². The van der Waals surface area contributed by atoms with E-state index >= 15 is 0 Å². The number of aliphatic imine (C=N–C) groups is 1. The van der Waals surface area contributed by atoms with E-state index in [9.17, 15) is 15.2 Å². The highest BCUT2D eigenvalue weighted by atomic mass is 35.5. The minimum absolute atomic E-state index is 0.0176. The maximum atomic E-state index is 12.0. The number of carbonyl (C=O) groups is 1. The normalized spacial score (nSPS) is 33.2. The molecule has 7 heteroatoms. The summed E-state index contributed by atoms with van der Waals surface area (Å²) in [6.45, 7) is 3.71. The Hall–Kier alpha value is -2.26. The Balaban J connectivity index is 1.62. The lowest BCUT2D eigenvalue weighted by Crippen LogP contribution is -2.56. The first-order chi connectivity index (χ1) is 13.7. The number of amidine groups is 1. The molecular weight excluding hydrogens is 390 g/mol. The number of carboxylic acid groups (broad SMARTS) is 1. The zero-order valence-corrected chi connectivity index (χ0v) is 17.4. The summed E-state index contributed by atoms with van der Waals surface area (Å²) in [5, 5.41) is 22.4. The van der Waals surface area contributed by atoms with Crippen LogP contribution in [-0.2, 0) is 4.79 Å². The van der Waals surface area contributed by atoms with Crippen molar-refractivity contribution in [3.8, 4) is 11.9 Å². The minimum Gasteiger partial charge on any atom is -0.481 e. The molecule has 2 N–H and O–H groups in total. The van der Waals surface area contributed by atoms with Crippen LogP contribution in [0, 0.1) is 34.6 Å². The van der Waals surface area contributed by atoms with Gasteiger partial charge in [0.2, 0.25) is 0 Å². The highest BCUT2D eigenvalue weighted by molar-refractivity contribution is 6.32. The molecule has 1 aromatic rings. The largest absolute Gasteiger partial charge is 0.481 e. The number of hydrogen-bond acceptors (Lipinski definition) is 4. The van der Waals surface area contributed by atoms with E-state index in [0.717, 1.165) is 19.3 Å². The van der Waals surface area contributed by atoms with Crippen LogP contribution < -0.4 is 10.1 Å². The van der Waals surface area contributed by atoms with Gasteiger partial charge in [-0.15, -0.1) is 0 Å². The zero-order valence-electron chi connectivity index (χ0n) is 16.7. The van der Waals surface area contributed by atoms with Gasteiger partial charge in [-0.25, -0.2) is 0 Å². The molecule has 4 saturated carbocycles. The van der Waals surface area contributed by atoms with Crippen molar-refractivity contribution in [3.05, 3.63) is 29.3 Å². The van der Waals surface area contributed by atoms with Crippen molar-refractivity contribution >= 4 is 23.4 Å². The number of nitrogens with zero attached hydrogens (tertiary/aromatic N) is 2. The number of nitrogens with one attached hydrogen (secondary N) is 1. The summed E-state index contributed by atoms with van der Waals surface area (Å²) in [5.74, 6) is 1.29. The second-order valence-electron chi connectivity index (χ2n) is 9.30. The highest BCUT2D eigenvalue weighted by Crippen LogP contribution is 2.61. The smallest absolute Gasteiger partial charge is 0.309 e. The molecule has 0 radical (unpaired) electrons. The SMILES string of the molecule is CC(C)(Oc1ccccc1Cl)C(=NC1C2CC3CC1CC(C(=O)O)(C3)C2)NC#N. The first-order valence-electron chi connectivity index (χ1n) is 10.1. The van der Waals surface area contributed by atoms with Gasteiger partial charge in [-0.1, -0.05) is 23.7 Å². The van der Waals surface area contributed by atoms with Gasteiger partial charge in [0, 0.05) is 0 Å². The number of rotatable bonds is 5. The van der Waals surface area contributed by atoms with Crippen LogP contribution in [0.5, 0.6) is 5.75 Å². The van der Waals surface area contributed by atoms with Crippen LogP contribution in [0.15, 0.2) is 29.3 Å². The number of para-hydroxylation sites is 1. The maximum Gasteiger partial charge on any atom is 0.309 e. The molecule has 0 saturated heterocycles. The quantitative estimate of drug-likeness (QED) is 0.324. The van der Waals surface area contributed by atoms with Gasteiger partial charge in [-0.3, -0.25) is 15.1 Å². The van der Waals surface area contributed by atoms with Crippen LogP contribution in [0.25, 0.3) is 0 Å².